The van der Waals surface area contributed by atoms with E-state index in [2.05, 4.69) is 4.98 Å². The Morgan fingerprint density at radius 1 is 1.24 bits per heavy atom. The number of rotatable bonds is 4. The zero-order valence-corrected chi connectivity index (χ0v) is 13.2. The summed E-state index contributed by atoms with van der Waals surface area (Å²) in [4.78, 5) is 4.32. The molecule has 1 aromatic heterocycles. The van der Waals surface area contributed by atoms with Crippen molar-refractivity contribution in [2.24, 2.45) is 0 Å². The minimum atomic E-state index is -3.57. The van der Waals surface area contributed by atoms with Crippen LogP contribution < -0.4 is 5.73 Å². The van der Waals surface area contributed by atoms with Gasteiger partial charge in [0.25, 0.3) is 0 Å². The molecule has 0 aliphatic rings. The first kappa shape index (κ1) is 15.5. The molecule has 0 unspecified atom stereocenters. The number of nitrogens with two attached hydrogens (primary N) is 1. The minimum absolute atomic E-state index is 0.277. The van der Waals surface area contributed by atoms with Crippen LogP contribution in [-0.4, -0.2) is 24.8 Å². The highest BCUT2D eigenvalue weighted by Crippen LogP contribution is 2.26. The molecule has 0 aliphatic heterocycles. The van der Waals surface area contributed by atoms with Crippen LogP contribution >= 0.6 is 0 Å². The van der Waals surface area contributed by atoms with Crippen LogP contribution in [0.5, 0.6) is 0 Å². The predicted molar refractivity (Wildman–Crippen MR) is 83.2 cm³/mol. The Morgan fingerprint density at radius 3 is 2.38 bits per heavy atom. The maximum atomic E-state index is 12.8. The fraction of sp³-hybridized carbons (Fsp3) is 0.267. The number of sulfonamides is 1. The van der Waals surface area contributed by atoms with Gasteiger partial charge < -0.3 is 5.73 Å². The lowest BCUT2D eigenvalue weighted by atomic mass is 10.1. The second-order valence-corrected chi connectivity index (χ2v) is 7.09. The molecule has 0 fully saturated rings. The standard InChI is InChI=1S/C15H19N3O2S/c1-11-7-14(16)8-12(2)15(11)21(19,20)18(3)10-13-5-4-6-17-9-13/h4-9H,10,16H2,1-3H3. The second-order valence-electron chi connectivity index (χ2n) is 5.11. The molecule has 1 heterocycles. The van der Waals surface area contributed by atoms with Gasteiger partial charge in [-0.2, -0.15) is 4.31 Å². The number of anilines is 1. The van der Waals surface area contributed by atoms with Gasteiger partial charge in [-0.25, -0.2) is 8.42 Å². The molecule has 0 radical (unpaired) electrons. The molecular weight excluding hydrogens is 286 g/mol. The van der Waals surface area contributed by atoms with Crippen molar-refractivity contribution in [3.63, 3.8) is 0 Å². The largest absolute Gasteiger partial charge is 0.399 e. The fourth-order valence-corrected chi connectivity index (χ4v) is 3.94. The third-order valence-corrected chi connectivity index (χ3v) is 5.39. The molecule has 0 saturated heterocycles. The minimum Gasteiger partial charge on any atom is -0.399 e. The van der Waals surface area contributed by atoms with Gasteiger partial charge in [0, 0.05) is 31.7 Å². The molecule has 2 aromatic rings. The molecule has 1 aromatic carbocycles. The van der Waals surface area contributed by atoms with Crippen molar-refractivity contribution >= 4 is 15.7 Å². The topological polar surface area (TPSA) is 76.3 Å². The van der Waals surface area contributed by atoms with Crippen molar-refractivity contribution in [3.05, 3.63) is 53.3 Å². The number of nitrogen functional groups attached to an aromatic ring is 1. The average molecular weight is 305 g/mol. The summed E-state index contributed by atoms with van der Waals surface area (Å²) in [7, 11) is -2.00. The predicted octanol–water partition coefficient (Wildman–Crippen LogP) is 2.10. The average Bonchev–Trinajstić information content (AvgIpc) is 2.38. The zero-order valence-electron chi connectivity index (χ0n) is 12.4. The SMILES string of the molecule is Cc1cc(N)cc(C)c1S(=O)(=O)N(C)Cc1cccnc1. The summed E-state index contributed by atoms with van der Waals surface area (Å²) in [6.45, 7) is 3.79. The lowest BCUT2D eigenvalue weighted by molar-refractivity contribution is 0.465. The van der Waals surface area contributed by atoms with Crippen molar-refractivity contribution in [2.75, 3.05) is 12.8 Å². The van der Waals surface area contributed by atoms with Crippen LogP contribution in [0.3, 0.4) is 0 Å². The summed E-state index contributed by atoms with van der Waals surface area (Å²) >= 11 is 0. The number of hydrogen-bond acceptors (Lipinski definition) is 4. The van der Waals surface area contributed by atoms with Gasteiger partial charge in [-0.15, -0.1) is 0 Å². The molecular formula is C15H19N3O2S. The second kappa shape index (κ2) is 5.83. The highest BCUT2D eigenvalue weighted by molar-refractivity contribution is 7.89. The summed E-state index contributed by atoms with van der Waals surface area (Å²) in [5.74, 6) is 0. The molecule has 2 rings (SSSR count). The van der Waals surface area contributed by atoms with Crippen LogP contribution in [0.4, 0.5) is 5.69 Å². The third kappa shape index (κ3) is 3.22. The van der Waals surface area contributed by atoms with E-state index < -0.39 is 10.0 Å². The van der Waals surface area contributed by atoms with E-state index in [4.69, 9.17) is 5.73 Å². The molecule has 0 spiro atoms. The van der Waals surface area contributed by atoms with Gasteiger partial charge in [0.05, 0.1) is 4.90 Å². The van der Waals surface area contributed by atoms with Crippen LogP contribution in [0.15, 0.2) is 41.6 Å². The van der Waals surface area contributed by atoms with Gasteiger partial charge in [-0.05, 0) is 48.7 Å². The summed E-state index contributed by atoms with van der Waals surface area (Å²) in [5.41, 5.74) is 8.48. The van der Waals surface area contributed by atoms with Crippen molar-refractivity contribution in [2.45, 2.75) is 25.3 Å². The van der Waals surface area contributed by atoms with E-state index in [9.17, 15) is 8.42 Å². The van der Waals surface area contributed by atoms with Crippen molar-refractivity contribution in [1.29, 1.82) is 0 Å². The van der Waals surface area contributed by atoms with Crippen LogP contribution in [-0.2, 0) is 16.6 Å². The first-order valence-electron chi connectivity index (χ1n) is 6.54. The van der Waals surface area contributed by atoms with Crippen LogP contribution in [0.25, 0.3) is 0 Å². The monoisotopic (exact) mass is 305 g/mol. The molecule has 0 amide bonds. The van der Waals surface area contributed by atoms with E-state index >= 15 is 0 Å². The molecule has 2 N–H and O–H groups in total. The molecule has 0 aliphatic carbocycles. The van der Waals surface area contributed by atoms with Crippen molar-refractivity contribution in [3.8, 4) is 0 Å². The fourth-order valence-electron chi connectivity index (χ4n) is 2.38. The Kier molecular flexibility index (Phi) is 4.29. The Bertz CT molecular complexity index is 720. The number of aromatic nitrogens is 1. The number of hydrogen-bond donors (Lipinski definition) is 1. The zero-order chi connectivity index (χ0) is 15.6. The lowest BCUT2D eigenvalue weighted by Gasteiger charge is -2.20. The number of nitrogens with zero attached hydrogens (tertiary/aromatic N) is 2. The summed E-state index contributed by atoms with van der Waals surface area (Å²) in [5, 5.41) is 0. The van der Waals surface area contributed by atoms with E-state index in [0.717, 1.165) is 5.56 Å². The molecule has 5 nitrogen and oxygen atoms in total. The maximum absolute atomic E-state index is 12.8. The lowest BCUT2D eigenvalue weighted by Crippen LogP contribution is -2.28. The molecule has 112 valence electrons. The number of benzene rings is 1. The highest BCUT2D eigenvalue weighted by atomic mass is 32.2. The molecule has 21 heavy (non-hydrogen) atoms. The first-order chi connectivity index (χ1) is 9.82. The van der Waals surface area contributed by atoms with Gasteiger partial charge in [0.2, 0.25) is 10.0 Å². The van der Waals surface area contributed by atoms with Crippen LogP contribution in [0, 0.1) is 13.8 Å². The van der Waals surface area contributed by atoms with Gasteiger partial charge in [-0.1, -0.05) is 6.07 Å². The Morgan fingerprint density at radius 2 is 1.86 bits per heavy atom. The maximum Gasteiger partial charge on any atom is 0.243 e. The van der Waals surface area contributed by atoms with Gasteiger partial charge in [-0.3, -0.25) is 4.98 Å². The Hall–Kier alpha value is -1.92. The third-order valence-electron chi connectivity index (χ3n) is 3.28. The van der Waals surface area contributed by atoms with Crippen molar-refractivity contribution in [1.82, 2.24) is 9.29 Å². The van der Waals surface area contributed by atoms with Crippen LogP contribution in [0.2, 0.25) is 0 Å². The van der Waals surface area contributed by atoms with Gasteiger partial charge in [0.1, 0.15) is 0 Å². The van der Waals surface area contributed by atoms with E-state index in [-0.39, 0.29) is 6.54 Å². The molecule has 0 bridgehead atoms. The van der Waals surface area contributed by atoms with E-state index in [1.165, 1.54) is 4.31 Å². The number of pyridine rings is 1. The molecule has 6 heteroatoms. The number of aryl methyl sites for hydroxylation is 2. The highest BCUT2D eigenvalue weighted by Gasteiger charge is 2.25. The molecule has 0 saturated carbocycles. The van der Waals surface area contributed by atoms with Crippen molar-refractivity contribution < 1.29 is 8.42 Å². The Balaban J connectivity index is 2.38. The van der Waals surface area contributed by atoms with E-state index in [1.54, 1.807) is 51.5 Å². The van der Waals surface area contributed by atoms with Crippen LogP contribution in [0.1, 0.15) is 16.7 Å². The van der Waals surface area contributed by atoms with Gasteiger partial charge >= 0.3 is 0 Å². The van der Waals surface area contributed by atoms with E-state index in [0.29, 0.717) is 21.7 Å². The summed E-state index contributed by atoms with van der Waals surface area (Å²) in [6.07, 6.45) is 3.32. The van der Waals surface area contributed by atoms with E-state index in [1.807, 2.05) is 6.07 Å². The van der Waals surface area contributed by atoms with Gasteiger partial charge in [0.15, 0.2) is 0 Å². The smallest absolute Gasteiger partial charge is 0.243 e. The quantitative estimate of drug-likeness (QED) is 0.878. The molecule has 0 atom stereocenters. The summed E-state index contributed by atoms with van der Waals surface area (Å²) in [6, 6.07) is 6.99. The summed E-state index contributed by atoms with van der Waals surface area (Å²) < 4.78 is 26.8. The first-order valence-corrected chi connectivity index (χ1v) is 7.98. The normalized spacial score (nSPS) is 11.8. The Labute approximate surface area is 125 Å².